The zero-order valence-corrected chi connectivity index (χ0v) is 21.5. The van der Waals surface area contributed by atoms with E-state index in [1.165, 1.54) is 60.5 Å². The Morgan fingerprint density at radius 1 is 0.553 bits per heavy atom. The molecular weight excluding hydrogens is 456 g/mol. The molecule has 1 atom stereocenters. The van der Waals surface area contributed by atoms with Gasteiger partial charge in [0.2, 0.25) is 0 Å². The predicted octanol–water partition coefficient (Wildman–Crippen LogP) is 10.4. The van der Waals surface area contributed by atoms with Crippen LogP contribution in [0.2, 0.25) is 0 Å². The van der Waals surface area contributed by atoms with E-state index in [4.69, 9.17) is 0 Å². The van der Waals surface area contributed by atoms with Crippen molar-refractivity contribution in [2.75, 3.05) is 0 Å². The molecule has 0 radical (unpaired) electrons. The van der Waals surface area contributed by atoms with E-state index in [0.717, 1.165) is 19.3 Å². The highest BCUT2D eigenvalue weighted by Gasteiger charge is 2.24. The molecule has 0 saturated carbocycles. The number of hydrogen-bond acceptors (Lipinski definition) is 0. The smallest absolute Gasteiger partial charge is 0.00678 e. The number of allylic oxidation sites excluding steroid dienone is 8. The first-order valence-electron chi connectivity index (χ1n) is 13.7. The van der Waals surface area contributed by atoms with Crippen LogP contribution in [0.5, 0.6) is 0 Å². The minimum absolute atomic E-state index is 0.329. The molecule has 2 aliphatic rings. The lowest BCUT2D eigenvalue weighted by Crippen LogP contribution is -2.05. The van der Waals surface area contributed by atoms with Gasteiger partial charge in [-0.2, -0.15) is 0 Å². The Hall–Kier alpha value is -4.42. The maximum absolute atomic E-state index is 2.46. The Labute approximate surface area is 225 Å². The van der Waals surface area contributed by atoms with E-state index in [0.29, 0.717) is 5.92 Å². The molecule has 182 valence electrons. The molecule has 38 heavy (non-hydrogen) atoms. The van der Waals surface area contributed by atoms with E-state index < -0.39 is 0 Å². The van der Waals surface area contributed by atoms with Crippen LogP contribution in [0.15, 0.2) is 140 Å². The molecule has 5 aromatic rings. The number of hydrogen-bond donors (Lipinski definition) is 0. The molecule has 7 rings (SSSR count). The second-order valence-electron chi connectivity index (χ2n) is 10.4. The molecule has 0 N–H and O–H groups in total. The van der Waals surface area contributed by atoms with Gasteiger partial charge in [-0.3, -0.25) is 0 Å². The highest BCUT2D eigenvalue weighted by Crippen LogP contribution is 2.46. The van der Waals surface area contributed by atoms with Gasteiger partial charge in [-0.25, -0.2) is 0 Å². The molecule has 0 heteroatoms. The summed E-state index contributed by atoms with van der Waals surface area (Å²) in [6, 6.07) is 39.9. The van der Waals surface area contributed by atoms with Gasteiger partial charge in [-0.1, -0.05) is 140 Å². The molecule has 0 aromatic heterocycles. The van der Waals surface area contributed by atoms with Crippen molar-refractivity contribution in [1.82, 2.24) is 0 Å². The summed E-state index contributed by atoms with van der Waals surface area (Å²) in [7, 11) is 0. The van der Waals surface area contributed by atoms with Crippen molar-refractivity contribution in [2.24, 2.45) is 0 Å². The maximum Gasteiger partial charge on any atom is 0.00678 e. The van der Waals surface area contributed by atoms with Crippen LogP contribution in [0, 0.1) is 0 Å². The molecule has 0 aliphatic heterocycles. The number of fused-ring (bicyclic) bond motifs is 2. The average Bonchev–Trinajstić information content (AvgIpc) is 3.01. The lowest BCUT2D eigenvalue weighted by atomic mass is 9.77. The molecule has 0 bridgehead atoms. The van der Waals surface area contributed by atoms with Crippen LogP contribution in [0.1, 0.15) is 47.4 Å². The predicted molar refractivity (Wildman–Crippen MR) is 164 cm³/mol. The standard InChI is InChI=1S/C38H30/c1-4-14-27(15-5-1)30-24-31(28-16-6-2-7-17-28)26-32(25-30)38-35-22-12-10-20-33(35)37(29-18-8-3-9-19-29)34-21-11-13-23-36(34)38/h1-8,10-18,20-25,31H,9,19,26H2. The van der Waals surface area contributed by atoms with Crippen molar-refractivity contribution >= 4 is 38.3 Å². The summed E-state index contributed by atoms with van der Waals surface area (Å²) in [4.78, 5) is 0. The minimum atomic E-state index is 0.329. The second kappa shape index (κ2) is 9.80. The SMILES string of the molecule is C1=CCCC(c2c3ccccc3c(C3=CC(c4ccccc4)=CC(c4ccccc4)C3)c3ccccc23)=C1. The molecule has 0 fully saturated rings. The van der Waals surface area contributed by atoms with Gasteiger partial charge >= 0.3 is 0 Å². The van der Waals surface area contributed by atoms with Crippen molar-refractivity contribution in [3.63, 3.8) is 0 Å². The first kappa shape index (κ1) is 22.8. The summed E-state index contributed by atoms with van der Waals surface area (Å²) < 4.78 is 0. The van der Waals surface area contributed by atoms with Gasteiger partial charge in [0.25, 0.3) is 0 Å². The van der Waals surface area contributed by atoms with Crippen LogP contribution in [0.25, 0.3) is 38.3 Å². The van der Waals surface area contributed by atoms with Crippen molar-refractivity contribution < 1.29 is 0 Å². The fourth-order valence-corrected chi connectivity index (χ4v) is 6.34. The summed E-state index contributed by atoms with van der Waals surface area (Å²) in [6.07, 6.45) is 14.9. The van der Waals surface area contributed by atoms with Gasteiger partial charge in [0.15, 0.2) is 0 Å². The van der Waals surface area contributed by atoms with Crippen LogP contribution < -0.4 is 0 Å². The Morgan fingerprint density at radius 3 is 1.68 bits per heavy atom. The normalized spacial score (nSPS) is 17.3. The fraction of sp³-hybridized carbons (Fsp3) is 0.105. The van der Waals surface area contributed by atoms with Gasteiger partial charge in [0.05, 0.1) is 0 Å². The molecular formula is C38H30. The van der Waals surface area contributed by atoms with Crippen molar-refractivity contribution in [3.05, 3.63) is 162 Å². The van der Waals surface area contributed by atoms with Crippen molar-refractivity contribution in [2.45, 2.75) is 25.2 Å². The van der Waals surface area contributed by atoms with Gasteiger partial charge < -0.3 is 0 Å². The van der Waals surface area contributed by atoms with E-state index in [2.05, 4.69) is 140 Å². The highest BCUT2D eigenvalue weighted by atomic mass is 14.3. The van der Waals surface area contributed by atoms with E-state index in [-0.39, 0.29) is 0 Å². The third-order valence-corrected chi connectivity index (χ3v) is 8.07. The summed E-state index contributed by atoms with van der Waals surface area (Å²) in [6.45, 7) is 0. The molecule has 0 saturated heterocycles. The Morgan fingerprint density at radius 2 is 1.11 bits per heavy atom. The third kappa shape index (κ3) is 4.03. The quantitative estimate of drug-likeness (QED) is 0.222. The van der Waals surface area contributed by atoms with Gasteiger partial charge in [-0.15, -0.1) is 0 Å². The van der Waals surface area contributed by atoms with E-state index in [1.54, 1.807) is 0 Å². The van der Waals surface area contributed by atoms with Crippen LogP contribution in [0.4, 0.5) is 0 Å². The zero-order valence-electron chi connectivity index (χ0n) is 21.5. The zero-order chi connectivity index (χ0) is 25.3. The summed E-state index contributed by atoms with van der Waals surface area (Å²) in [5.41, 5.74) is 9.59. The molecule has 0 heterocycles. The van der Waals surface area contributed by atoms with Crippen LogP contribution >= 0.6 is 0 Å². The van der Waals surface area contributed by atoms with Crippen molar-refractivity contribution in [1.29, 1.82) is 0 Å². The fourth-order valence-electron chi connectivity index (χ4n) is 6.34. The maximum atomic E-state index is 2.46. The lowest BCUT2D eigenvalue weighted by Gasteiger charge is -2.26. The first-order chi connectivity index (χ1) is 18.9. The lowest BCUT2D eigenvalue weighted by molar-refractivity contribution is 0.872. The highest BCUT2D eigenvalue weighted by molar-refractivity contribution is 6.16. The van der Waals surface area contributed by atoms with Crippen LogP contribution in [-0.4, -0.2) is 0 Å². The van der Waals surface area contributed by atoms with Gasteiger partial charge in [0, 0.05) is 5.92 Å². The van der Waals surface area contributed by atoms with E-state index in [9.17, 15) is 0 Å². The largest absolute Gasteiger partial charge is 0.0842 e. The first-order valence-corrected chi connectivity index (χ1v) is 13.7. The Bertz CT molecular complexity index is 1700. The molecule has 1 unspecified atom stereocenters. The van der Waals surface area contributed by atoms with E-state index in [1.807, 2.05) is 0 Å². The second-order valence-corrected chi connectivity index (χ2v) is 10.4. The van der Waals surface area contributed by atoms with Gasteiger partial charge in [0.1, 0.15) is 0 Å². The molecule has 0 spiro atoms. The third-order valence-electron chi connectivity index (χ3n) is 8.07. The monoisotopic (exact) mass is 486 g/mol. The van der Waals surface area contributed by atoms with Crippen LogP contribution in [-0.2, 0) is 0 Å². The van der Waals surface area contributed by atoms with Gasteiger partial charge in [-0.05, 0) is 79.8 Å². The summed E-state index contributed by atoms with van der Waals surface area (Å²) in [5, 5.41) is 5.42. The minimum Gasteiger partial charge on any atom is -0.0842 e. The summed E-state index contributed by atoms with van der Waals surface area (Å²) >= 11 is 0. The summed E-state index contributed by atoms with van der Waals surface area (Å²) in [5.74, 6) is 0.329. The molecule has 5 aromatic carbocycles. The number of rotatable bonds is 4. The molecule has 0 amide bonds. The van der Waals surface area contributed by atoms with E-state index >= 15 is 0 Å². The molecule has 0 nitrogen and oxygen atoms in total. The number of benzene rings is 5. The average molecular weight is 487 g/mol. The van der Waals surface area contributed by atoms with Crippen molar-refractivity contribution in [3.8, 4) is 0 Å². The molecule has 2 aliphatic carbocycles. The topological polar surface area (TPSA) is 0 Å². The Kier molecular flexibility index (Phi) is 5.87. The van der Waals surface area contributed by atoms with Crippen LogP contribution in [0.3, 0.4) is 0 Å². The Balaban J connectivity index is 1.51.